The Hall–Kier alpha value is -1.53. The lowest BCUT2D eigenvalue weighted by Gasteiger charge is -2.10. The number of hydrogen-bond acceptors (Lipinski definition) is 3. The molecule has 0 unspecified atom stereocenters. The molecule has 0 bridgehead atoms. The molecular weight excluding hydrogens is 212 g/mol. The molecular formula is C14H18N2O. The van der Waals surface area contributed by atoms with Gasteiger partial charge in [-0.2, -0.15) is 5.26 Å². The molecule has 3 nitrogen and oxygen atoms in total. The van der Waals surface area contributed by atoms with Crippen LogP contribution in [0.1, 0.15) is 30.9 Å². The van der Waals surface area contributed by atoms with Gasteiger partial charge in [-0.25, -0.2) is 0 Å². The standard InChI is InChI=1S/C14H18N2O/c1-14(5-6-14)10-16-9-11-3-4-13(17-2)12(7-11)8-15/h3-4,7,16H,5-6,9-10H2,1-2H3. The maximum absolute atomic E-state index is 8.99. The average molecular weight is 230 g/mol. The molecule has 0 aromatic heterocycles. The van der Waals surface area contributed by atoms with Gasteiger partial charge in [-0.1, -0.05) is 13.0 Å². The van der Waals surface area contributed by atoms with Gasteiger partial charge in [0.25, 0.3) is 0 Å². The number of methoxy groups -OCH3 is 1. The molecule has 17 heavy (non-hydrogen) atoms. The van der Waals surface area contributed by atoms with Crippen molar-refractivity contribution in [2.75, 3.05) is 13.7 Å². The van der Waals surface area contributed by atoms with Gasteiger partial charge < -0.3 is 10.1 Å². The number of nitrogens with one attached hydrogen (secondary N) is 1. The maximum Gasteiger partial charge on any atom is 0.136 e. The number of nitrogens with zero attached hydrogens (tertiary/aromatic N) is 1. The Labute approximate surface area is 102 Å². The normalized spacial score (nSPS) is 16.3. The zero-order valence-corrected chi connectivity index (χ0v) is 10.4. The van der Waals surface area contributed by atoms with Crippen molar-refractivity contribution < 1.29 is 4.74 Å². The largest absolute Gasteiger partial charge is 0.495 e. The minimum absolute atomic E-state index is 0.518. The second kappa shape index (κ2) is 4.77. The Bertz CT molecular complexity index is 444. The van der Waals surface area contributed by atoms with E-state index < -0.39 is 0 Å². The first-order valence-electron chi connectivity index (χ1n) is 5.95. The van der Waals surface area contributed by atoms with Crippen molar-refractivity contribution in [3.05, 3.63) is 29.3 Å². The van der Waals surface area contributed by atoms with Gasteiger partial charge in [-0.3, -0.25) is 0 Å². The van der Waals surface area contributed by atoms with E-state index in [-0.39, 0.29) is 0 Å². The third-order valence-corrected chi connectivity index (χ3v) is 3.37. The Balaban J connectivity index is 1.94. The number of rotatable bonds is 5. The fraction of sp³-hybridized carbons (Fsp3) is 0.500. The number of hydrogen-bond donors (Lipinski definition) is 1. The molecule has 0 heterocycles. The molecule has 1 aromatic rings. The molecule has 0 amide bonds. The highest BCUT2D eigenvalue weighted by atomic mass is 16.5. The summed E-state index contributed by atoms with van der Waals surface area (Å²) in [7, 11) is 1.59. The third-order valence-electron chi connectivity index (χ3n) is 3.37. The Morgan fingerprint density at radius 1 is 1.47 bits per heavy atom. The predicted molar refractivity (Wildman–Crippen MR) is 66.8 cm³/mol. The Morgan fingerprint density at radius 3 is 2.82 bits per heavy atom. The molecule has 0 atom stereocenters. The molecule has 2 rings (SSSR count). The maximum atomic E-state index is 8.99. The van der Waals surface area contributed by atoms with E-state index in [1.165, 1.54) is 12.8 Å². The van der Waals surface area contributed by atoms with Gasteiger partial charge >= 0.3 is 0 Å². The summed E-state index contributed by atoms with van der Waals surface area (Å²) < 4.78 is 5.12. The van der Waals surface area contributed by atoms with Crippen LogP contribution in [0.15, 0.2) is 18.2 Å². The van der Waals surface area contributed by atoms with E-state index in [0.29, 0.717) is 16.7 Å². The van der Waals surface area contributed by atoms with Crippen LogP contribution in [0.3, 0.4) is 0 Å². The molecule has 90 valence electrons. The van der Waals surface area contributed by atoms with E-state index in [0.717, 1.165) is 18.7 Å². The molecule has 0 aliphatic heterocycles. The Kier molecular flexibility index (Phi) is 3.35. The van der Waals surface area contributed by atoms with Gasteiger partial charge in [0.05, 0.1) is 12.7 Å². The van der Waals surface area contributed by atoms with Crippen LogP contribution < -0.4 is 10.1 Å². The van der Waals surface area contributed by atoms with E-state index in [4.69, 9.17) is 10.00 Å². The summed E-state index contributed by atoms with van der Waals surface area (Å²) in [6, 6.07) is 7.90. The van der Waals surface area contributed by atoms with Crippen LogP contribution in [0.4, 0.5) is 0 Å². The molecule has 0 saturated heterocycles. The van der Waals surface area contributed by atoms with Crippen molar-refractivity contribution in [3.8, 4) is 11.8 Å². The molecule has 1 aromatic carbocycles. The first-order chi connectivity index (χ1) is 8.17. The molecule has 0 spiro atoms. The van der Waals surface area contributed by atoms with Crippen molar-refractivity contribution >= 4 is 0 Å². The lowest BCUT2D eigenvalue weighted by molar-refractivity contribution is 0.413. The summed E-state index contributed by atoms with van der Waals surface area (Å²) >= 11 is 0. The summed E-state index contributed by atoms with van der Waals surface area (Å²) in [6.07, 6.45) is 2.65. The summed E-state index contributed by atoms with van der Waals surface area (Å²) in [4.78, 5) is 0. The third kappa shape index (κ3) is 2.98. The van der Waals surface area contributed by atoms with Gasteiger partial charge in [0.2, 0.25) is 0 Å². The second-order valence-electron chi connectivity index (χ2n) is 5.06. The molecule has 1 aliphatic carbocycles. The van der Waals surface area contributed by atoms with Crippen molar-refractivity contribution in [2.24, 2.45) is 5.41 Å². The van der Waals surface area contributed by atoms with Crippen LogP contribution in [-0.4, -0.2) is 13.7 Å². The van der Waals surface area contributed by atoms with Crippen LogP contribution in [0.5, 0.6) is 5.75 Å². The summed E-state index contributed by atoms with van der Waals surface area (Å²) in [5.41, 5.74) is 2.25. The van der Waals surface area contributed by atoms with Crippen LogP contribution in [0.25, 0.3) is 0 Å². The van der Waals surface area contributed by atoms with Gasteiger partial charge in [0.1, 0.15) is 11.8 Å². The minimum Gasteiger partial charge on any atom is -0.495 e. The fourth-order valence-electron chi connectivity index (χ4n) is 1.85. The highest BCUT2D eigenvalue weighted by molar-refractivity contribution is 5.45. The van der Waals surface area contributed by atoms with Gasteiger partial charge in [-0.05, 0) is 36.0 Å². The summed E-state index contributed by atoms with van der Waals surface area (Å²) in [5.74, 6) is 0.644. The lowest BCUT2D eigenvalue weighted by atomic mass is 10.1. The van der Waals surface area contributed by atoms with Gasteiger partial charge in [-0.15, -0.1) is 0 Å². The fourth-order valence-corrected chi connectivity index (χ4v) is 1.85. The topological polar surface area (TPSA) is 45.0 Å². The summed E-state index contributed by atoms with van der Waals surface area (Å²) in [6.45, 7) is 4.17. The van der Waals surface area contributed by atoms with E-state index in [2.05, 4.69) is 18.3 Å². The minimum atomic E-state index is 0.518. The summed E-state index contributed by atoms with van der Waals surface area (Å²) in [5, 5.41) is 12.4. The molecule has 1 saturated carbocycles. The van der Waals surface area contributed by atoms with E-state index in [9.17, 15) is 0 Å². The zero-order chi connectivity index (χ0) is 12.3. The molecule has 1 fully saturated rings. The molecule has 3 heteroatoms. The van der Waals surface area contributed by atoms with Crippen LogP contribution in [-0.2, 0) is 6.54 Å². The zero-order valence-electron chi connectivity index (χ0n) is 10.4. The number of nitriles is 1. The first-order valence-corrected chi connectivity index (χ1v) is 5.95. The molecule has 1 N–H and O–H groups in total. The number of ether oxygens (including phenoxy) is 1. The van der Waals surface area contributed by atoms with Crippen molar-refractivity contribution in [1.82, 2.24) is 5.32 Å². The number of benzene rings is 1. The second-order valence-corrected chi connectivity index (χ2v) is 5.06. The highest BCUT2D eigenvalue weighted by Crippen LogP contribution is 2.44. The monoisotopic (exact) mass is 230 g/mol. The predicted octanol–water partition coefficient (Wildman–Crippen LogP) is 2.46. The van der Waals surface area contributed by atoms with Gasteiger partial charge in [0, 0.05) is 13.1 Å². The first kappa shape index (κ1) is 11.9. The van der Waals surface area contributed by atoms with Crippen molar-refractivity contribution in [1.29, 1.82) is 5.26 Å². The highest BCUT2D eigenvalue weighted by Gasteiger charge is 2.36. The van der Waals surface area contributed by atoms with Gasteiger partial charge in [0.15, 0.2) is 0 Å². The van der Waals surface area contributed by atoms with Crippen molar-refractivity contribution in [3.63, 3.8) is 0 Å². The Morgan fingerprint density at radius 2 is 2.24 bits per heavy atom. The molecule has 1 aliphatic rings. The van der Waals surface area contributed by atoms with E-state index in [1.807, 2.05) is 18.2 Å². The lowest BCUT2D eigenvalue weighted by Crippen LogP contribution is -2.21. The smallest absolute Gasteiger partial charge is 0.136 e. The van der Waals surface area contributed by atoms with E-state index in [1.54, 1.807) is 7.11 Å². The SMILES string of the molecule is COc1ccc(CNCC2(C)CC2)cc1C#N. The van der Waals surface area contributed by atoms with Crippen LogP contribution in [0.2, 0.25) is 0 Å². The average Bonchev–Trinajstić information content (AvgIpc) is 3.07. The van der Waals surface area contributed by atoms with Crippen LogP contribution >= 0.6 is 0 Å². The van der Waals surface area contributed by atoms with Crippen LogP contribution in [0, 0.1) is 16.7 Å². The quantitative estimate of drug-likeness (QED) is 0.845. The van der Waals surface area contributed by atoms with E-state index >= 15 is 0 Å². The molecule has 0 radical (unpaired) electrons. The van der Waals surface area contributed by atoms with Crippen molar-refractivity contribution in [2.45, 2.75) is 26.3 Å².